The summed E-state index contributed by atoms with van der Waals surface area (Å²) in [4.78, 5) is 32.2. The van der Waals surface area contributed by atoms with E-state index in [1.807, 2.05) is 4.90 Å². The molecule has 7 nitrogen and oxygen atoms in total. The van der Waals surface area contributed by atoms with Crippen molar-refractivity contribution in [2.75, 3.05) is 13.1 Å². The van der Waals surface area contributed by atoms with Gasteiger partial charge in [-0.05, 0) is 61.6 Å². The molecule has 1 aromatic rings. The maximum Gasteiger partial charge on any atom is 0.242 e. The van der Waals surface area contributed by atoms with Gasteiger partial charge in [-0.25, -0.2) is 4.39 Å². The zero-order chi connectivity index (χ0) is 22.1. The predicted molar refractivity (Wildman–Crippen MR) is 113 cm³/mol. The lowest BCUT2D eigenvalue weighted by Crippen LogP contribution is -2.57. The first kappa shape index (κ1) is 20.1. The van der Waals surface area contributed by atoms with Gasteiger partial charge in [0.25, 0.3) is 0 Å². The molecule has 3 saturated heterocycles. The standard InChI is InChI=1S/C24H28FN5O2/c25-16-5-3-14(4-6-16)22(13-1-2-13)30-18-9-21(24(30)32)28(11-18)12-19(27)23(31)29-17(10-26)7-15-8-20(15)29/h3-6,13,15,17-22H,1-2,7-9,11-12,27H2/t15-,17+,18+,19+,20+,21+,22-/m1/s1. The van der Waals surface area contributed by atoms with Crippen molar-refractivity contribution < 1.29 is 14.0 Å². The monoisotopic (exact) mass is 437 g/mol. The van der Waals surface area contributed by atoms with Gasteiger partial charge in [0.2, 0.25) is 11.8 Å². The maximum absolute atomic E-state index is 13.4. The molecule has 5 aliphatic rings. The van der Waals surface area contributed by atoms with Gasteiger partial charge in [-0.2, -0.15) is 5.26 Å². The molecule has 0 spiro atoms. The molecule has 0 unspecified atom stereocenters. The van der Waals surface area contributed by atoms with E-state index in [0.29, 0.717) is 24.9 Å². The summed E-state index contributed by atoms with van der Waals surface area (Å²) in [5, 5.41) is 9.38. The molecule has 2 aliphatic carbocycles. The third-order valence-corrected chi connectivity index (χ3v) is 8.15. The van der Waals surface area contributed by atoms with E-state index in [1.54, 1.807) is 17.0 Å². The Hall–Kier alpha value is -2.50. The molecule has 6 rings (SSSR count). The van der Waals surface area contributed by atoms with E-state index >= 15 is 0 Å². The average molecular weight is 438 g/mol. The van der Waals surface area contributed by atoms with E-state index in [-0.39, 0.29) is 47.8 Å². The number of hydrogen-bond acceptors (Lipinski definition) is 5. The van der Waals surface area contributed by atoms with Crippen molar-refractivity contribution in [3.8, 4) is 6.07 Å². The second-order valence-corrected chi connectivity index (χ2v) is 10.2. The topological polar surface area (TPSA) is 93.7 Å². The second kappa shape index (κ2) is 7.26. The van der Waals surface area contributed by atoms with Gasteiger partial charge in [0.05, 0.1) is 24.2 Å². The van der Waals surface area contributed by atoms with Crippen molar-refractivity contribution in [1.29, 1.82) is 5.26 Å². The van der Waals surface area contributed by atoms with E-state index in [9.17, 15) is 19.2 Å². The summed E-state index contributed by atoms with van der Waals surface area (Å²) in [7, 11) is 0. The molecule has 5 fully saturated rings. The minimum Gasteiger partial charge on any atom is -0.330 e. The summed E-state index contributed by atoms with van der Waals surface area (Å²) in [6.07, 6.45) is 4.66. The average Bonchev–Trinajstić information content (AvgIpc) is 3.67. The van der Waals surface area contributed by atoms with Crippen LogP contribution in [0.1, 0.15) is 43.7 Å². The zero-order valence-electron chi connectivity index (χ0n) is 17.9. The van der Waals surface area contributed by atoms with Crippen LogP contribution in [0.4, 0.5) is 4.39 Å². The first-order valence-electron chi connectivity index (χ1n) is 11.8. The lowest BCUT2D eigenvalue weighted by molar-refractivity contribution is -0.142. The van der Waals surface area contributed by atoms with Crippen LogP contribution in [0.25, 0.3) is 0 Å². The number of amides is 2. The molecular weight excluding hydrogens is 409 g/mol. The molecule has 2 amide bonds. The Labute approximate surface area is 186 Å². The van der Waals surface area contributed by atoms with E-state index < -0.39 is 6.04 Å². The smallest absolute Gasteiger partial charge is 0.242 e. The normalized spacial score (nSPS) is 35.0. The molecule has 2 saturated carbocycles. The lowest BCUT2D eigenvalue weighted by Gasteiger charge is -2.40. The highest BCUT2D eigenvalue weighted by atomic mass is 19.1. The fourth-order valence-electron chi connectivity index (χ4n) is 6.40. The molecule has 32 heavy (non-hydrogen) atoms. The summed E-state index contributed by atoms with van der Waals surface area (Å²) in [5.74, 6) is 0.568. The van der Waals surface area contributed by atoms with Crippen molar-refractivity contribution in [2.45, 2.75) is 68.4 Å². The maximum atomic E-state index is 13.4. The van der Waals surface area contributed by atoms with Crippen LogP contribution in [-0.4, -0.2) is 69.8 Å². The number of rotatable bonds is 6. The van der Waals surface area contributed by atoms with Gasteiger partial charge in [0.15, 0.2) is 0 Å². The number of halogens is 1. The molecule has 0 radical (unpaired) electrons. The quantitative estimate of drug-likeness (QED) is 0.726. The lowest BCUT2D eigenvalue weighted by atomic mass is 9.99. The van der Waals surface area contributed by atoms with Crippen LogP contribution >= 0.6 is 0 Å². The number of nitriles is 1. The van der Waals surface area contributed by atoms with Crippen molar-refractivity contribution in [3.05, 3.63) is 35.6 Å². The Balaban J connectivity index is 1.14. The first-order valence-corrected chi connectivity index (χ1v) is 11.8. The molecular formula is C24H28FN5O2. The molecule has 7 atom stereocenters. The summed E-state index contributed by atoms with van der Waals surface area (Å²) in [6.45, 7) is 1.05. The number of nitrogens with two attached hydrogens (primary N) is 1. The third-order valence-electron chi connectivity index (χ3n) is 8.15. The highest BCUT2D eigenvalue weighted by molar-refractivity contribution is 5.87. The van der Waals surface area contributed by atoms with E-state index in [0.717, 1.165) is 37.7 Å². The summed E-state index contributed by atoms with van der Waals surface area (Å²) < 4.78 is 13.4. The molecule has 8 heteroatoms. The Morgan fingerprint density at radius 2 is 1.97 bits per heavy atom. The van der Waals surface area contributed by atoms with Crippen LogP contribution in [0.3, 0.4) is 0 Å². The summed E-state index contributed by atoms with van der Waals surface area (Å²) >= 11 is 0. The second-order valence-electron chi connectivity index (χ2n) is 10.2. The van der Waals surface area contributed by atoms with Crippen LogP contribution in [0.5, 0.6) is 0 Å². The zero-order valence-corrected chi connectivity index (χ0v) is 17.9. The van der Waals surface area contributed by atoms with Crippen molar-refractivity contribution >= 4 is 11.8 Å². The fourth-order valence-corrected chi connectivity index (χ4v) is 6.40. The van der Waals surface area contributed by atoms with Crippen LogP contribution in [0.15, 0.2) is 24.3 Å². The minimum atomic E-state index is -0.720. The predicted octanol–water partition coefficient (Wildman–Crippen LogP) is 1.40. The Kier molecular flexibility index (Phi) is 4.57. The number of benzene rings is 1. The Morgan fingerprint density at radius 3 is 2.62 bits per heavy atom. The van der Waals surface area contributed by atoms with Crippen molar-refractivity contribution in [2.24, 2.45) is 17.6 Å². The van der Waals surface area contributed by atoms with Crippen molar-refractivity contribution in [1.82, 2.24) is 14.7 Å². The molecule has 1 aromatic carbocycles. The third kappa shape index (κ3) is 3.13. The Morgan fingerprint density at radius 1 is 1.22 bits per heavy atom. The minimum absolute atomic E-state index is 0.00309. The van der Waals surface area contributed by atoms with Gasteiger partial charge < -0.3 is 15.5 Å². The number of carbonyl (C=O) groups is 2. The number of carbonyl (C=O) groups excluding carboxylic acids is 2. The van der Waals surface area contributed by atoms with E-state index in [4.69, 9.17) is 5.73 Å². The number of fused-ring (bicyclic) bond motifs is 3. The molecule has 3 heterocycles. The molecule has 2 N–H and O–H groups in total. The van der Waals surface area contributed by atoms with Gasteiger partial charge in [0.1, 0.15) is 11.9 Å². The van der Waals surface area contributed by atoms with Gasteiger partial charge in [-0.1, -0.05) is 12.1 Å². The first-order chi connectivity index (χ1) is 15.5. The number of nitrogens with zero attached hydrogens (tertiary/aromatic N) is 4. The Bertz CT molecular complexity index is 989. The SMILES string of the molecule is N#C[C@@H]1C[C@@H]2C[C@@H]2N1C(=O)[C@@H](N)CN1C[C@@H]2C[C@H]1C(=O)N2[C@@H](c1ccc(F)cc1)C1CC1. The number of hydrogen-bond donors (Lipinski definition) is 1. The largest absolute Gasteiger partial charge is 0.330 e. The van der Waals surface area contributed by atoms with Gasteiger partial charge in [-0.3, -0.25) is 14.5 Å². The van der Waals surface area contributed by atoms with E-state index in [2.05, 4.69) is 11.0 Å². The van der Waals surface area contributed by atoms with Crippen molar-refractivity contribution in [3.63, 3.8) is 0 Å². The molecule has 168 valence electrons. The van der Waals surface area contributed by atoms with Crippen LogP contribution in [-0.2, 0) is 9.59 Å². The summed E-state index contributed by atoms with van der Waals surface area (Å²) in [5.41, 5.74) is 7.31. The molecule has 3 aliphatic heterocycles. The van der Waals surface area contributed by atoms with Gasteiger partial charge in [-0.15, -0.1) is 0 Å². The van der Waals surface area contributed by atoms with E-state index in [1.165, 1.54) is 12.1 Å². The molecule has 2 bridgehead atoms. The van der Waals surface area contributed by atoms with Crippen LogP contribution < -0.4 is 5.73 Å². The highest BCUT2D eigenvalue weighted by Gasteiger charge is 2.57. The molecule has 0 aromatic heterocycles. The van der Waals surface area contributed by atoms with Crippen LogP contribution in [0.2, 0.25) is 0 Å². The number of piperazine rings is 1. The van der Waals surface area contributed by atoms with Gasteiger partial charge in [0, 0.05) is 25.2 Å². The highest BCUT2D eigenvalue weighted by Crippen LogP contribution is 2.50. The fraction of sp³-hybridized carbons (Fsp3) is 0.625. The summed E-state index contributed by atoms with van der Waals surface area (Å²) in [6, 6.07) is 7.73. The number of likely N-dealkylation sites (tertiary alicyclic amines) is 3. The van der Waals surface area contributed by atoms with Gasteiger partial charge >= 0.3 is 0 Å². The van der Waals surface area contributed by atoms with Crippen LogP contribution in [0, 0.1) is 29.0 Å². The number of piperidine rings is 1.